The summed E-state index contributed by atoms with van der Waals surface area (Å²) >= 11 is 10.8. The molecule has 13 heteroatoms. The molecule has 0 unspecified atom stereocenters. The van der Waals surface area contributed by atoms with Gasteiger partial charge in [0, 0.05) is 4.90 Å². The van der Waals surface area contributed by atoms with E-state index in [0.717, 1.165) is 11.8 Å². The SMILES string of the molecule is COC(=O)NC(=S)Nc1ccc(SC(N)=O)cc1NC(=S)NC(=O)OC. The quantitative estimate of drug-likeness (QED) is 0.366. The molecule has 0 fully saturated rings. The summed E-state index contributed by atoms with van der Waals surface area (Å²) in [6.45, 7) is 0. The Morgan fingerprint density at radius 1 is 0.962 bits per heavy atom. The third-order valence-corrected chi connectivity index (χ3v) is 3.61. The molecular weight excluding hydrogens is 402 g/mol. The lowest BCUT2D eigenvalue weighted by atomic mass is 10.2. The average molecular weight is 417 g/mol. The minimum atomic E-state index is -0.762. The molecule has 3 amide bonds. The van der Waals surface area contributed by atoms with E-state index in [1.54, 1.807) is 18.2 Å². The zero-order valence-electron chi connectivity index (χ0n) is 13.6. The fourth-order valence-electron chi connectivity index (χ4n) is 1.51. The van der Waals surface area contributed by atoms with Crippen molar-refractivity contribution in [2.45, 2.75) is 4.90 Å². The van der Waals surface area contributed by atoms with Crippen molar-refractivity contribution in [1.29, 1.82) is 0 Å². The zero-order chi connectivity index (χ0) is 19.7. The van der Waals surface area contributed by atoms with Gasteiger partial charge < -0.3 is 25.8 Å². The third kappa shape index (κ3) is 7.50. The fourth-order valence-corrected chi connectivity index (χ4v) is 2.44. The number of benzene rings is 1. The van der Waals surface area contributed by atoms with E-state index >= 15 is 0 Å². The first-order valence-electron chi connectivity index (χ1n) is 6.68. The summed E-state index contributed by atoms with van der Waals surface area (Å²) in [5.74, 6) is 0. The van der Waals surface area contributed by atoms with E-state index in [9.17, 15) is 14.4 Å². The van der Waals surface area contributed by atoms with Crippen molar-refractivity contribution in [3.05, 3.63) is 18.2 Å². The summed E-state index contributed by atoms with van der Waals surface area (Å²) < 4.78 is 8.89. The first-order valence-corrected chi connectivity index (χ1v) is 8.31. The second kappa shape index (κ2) is 10.4. The molecule has 26 heavy (non-hydrogen) atoms. The molecule has 0 aliphatic rings. The fraction of sp³-hybridized carbons (Fsp3) is 0.154. The second-order valence-electron chi connectivity index (χ2n) is 4.27. The Bertz CT molecular complexity index is 743. The number of hydrogen-bond acceptors (Lipinski definition) is 8. The number of anilines is 2. The number of amides is 3. The maximum atomic E-state index is 11.2. The molecule has 0 atom stereocenters. The van der Waals surface area contributed by atoms with Crippen molar-refractivity contribution in [3.63, 3.8) is 0 Å². The van der Waals surface area contributed by atoms with Crippen molar-refractivity contribution in [2.24, 2.45) is 5.73 Å². The molecule has 0 aromatic heterocycles. The van der Waals surface area contributed by atoms with Gasteiger partial charge in [-0.25, -0.2) is 9.59 Å². The van der Waals surface area contributed by atoms with Crippen molar-refractivity contribution in [3.8, 4) is 0 Å². The Labute approximate surface area is 163 Å². The van der Waals surface area contributed by atoms with E-state index in [1.165, 1.54) is 14.2 Å². The van der Waals surface area contributed by atoms with Crippen LogP contribution in [0.3, 0.4) is 0 Å². The van der Waals surface area contributed by atoms with E-state index in [2.05, 4.69) is 30.7 Å². The summed E-state index contributed by atoms with van der Waals surface area (Å²) in [6, 6.07) is 4.71. The Morgan fingerprint density at radius 3 is 1.92 bits per heavy atom. The van der Waals surface area contributed by atoms with E-state index < -0.39 is 17.4 Å². The molecule has 0 spiro atoms. The van der Waals surface area contributed by atoms with Crippen molar-refractivity contribution in [1.82, 2.24) is 10.6 Å². The monoisotopic (exact) mass is 417 g/mol. The van der Waals surface area contributed by atoms with Crippen LogP contribution in [0.15, 0.2) is 23.1 Å². The van der Waals surface area contributed by atoms with Crippen molar-refractivity contribution < 1.29 is 23.9 Å². The molecule has 140 valence electrons. The summed E-state index contributed by atoms with van der Waals surface area (Å²) in [7, 11) is 2.38. The zero-order valence-corrected chi connectivity index (χ0v) is 16.0. The summed E-state index contributed by atoms with van der Waals surface area (Å²) in [5, 5.41) is 9.35. The smallest absolute Gasteiger partial charge is 0.413 e. The van der Waals surface area contributed by atoms with Gasteiger partial charge >= 0.3 is 12.2 Å². The maximum absolute atomic E-state index is 11.2. The number of nitrogens with one attached hydrogen (secondary N) is 4. The van der Waals surface area contributed by atoms with Gasteiger partial charge in [0.15, 0.2) is 10.2 Å². The minimum Gasteiger partial charge on any atom is -0.453 e. The van der Waals surface area contributed by atoms with E-state index in [0.29, 0.717) is 16.3 Å². The molecule has 1 aromatic carbocycles. The van der Waals surface area contributed by atoms with Crippen LogP contribution in [0.2, 0.25) is 0 Å². The Morgan fingerprint density at radius 2 is 1.46 bits per heavy atom. The number of methoxy groups -OCH3 is 2. The van der Waals surface area contributed by atoms with Gasteiger partial charge in [-0.05, 0) is 54.4 Å². The normalized spacial score (nSPS) is 9.46. The lowest BCUT2D eigenvalue weighted by molar-refractivity contribution is 0.176. The second-order valence-corrected chi connectivity index (χ2v) is 6.16. The Balaban J connectivity index is 3.01. The average Bonchev–Trinajstić information content (AvgIpc) is 2.56. The van der Waals surface area contributed by atoms with Crippen LogP contribution in [0.5, 0.6) is 0 Å². The Kier molecular flexibility index (Phi) is 8.54. The molecule has 1 aromatic rings. The van der Waals surface area contributed by atoms with E-state index in [1.807, 2.05) is 0 Å². The lowest BCUT2D eigenvalue weighted by Crippen LogP contribution is -2.35. The number of primary amides is 1. The predicted molar refractivity (Wildman–Crippen MR) is 105 cm³/mol. The molecule has 1 rings (SSSR count). The molecule has 6 N–H and O–H groups in total. The van der Waals surface area contributed by atoms with Crippen LogP contribution in [0, 0.1) is 0 Å². The van der Waals surface area contributed by atoms with Crippen LogP contribution < -0.4 is 27.0 Å². The summed E-state index contributed by atoms with van der Waals surface area (Å²) in [6.07, 6.45) is -1.51. The van der Waals surface area contributed by atoms with Crippen LogP contribution in [-0.2, 0) is 9.47 Å². The molecule has 0 radical (unpaired) electrons. The molecule has 0 saturated heterocycles. The van der Waals surface area contributed by atoms with Crippen LogP contribution >= 0.6 is 36.2 Å². The van der Waals surface area contributed by atoms with Crippen LogP contribution in [0.25, 0.3) is 0 Å². The molecule has 10 nitrogen and oxygen atoms in total. The van der Waals surface area contributed by atoms with Gasteiger partial charge in [0.1, 0.15) is 0 Å². The largest absolute Gasteiger partial charge is 0.453 e. The number of ether oxygens (including phenoxy) is 2. The van der Waals surface area contributed by atoms with Crippen molar-refractivity contribution >= 4 is 75.2 Å². The van der Waals surface area contributed by atoms with E-state index in [4.69, 9.17) is 30.2 Å². The molecule has 0 aliphatic heterocycles. The first kappa shape index (κ1) is 21.4. The van der Waals surface area contributed by atoms with Gasteiger partial charge in [-0.2, -0.15) is 0 Å². The van der Waals surface area contributed by atoms with Crippen molar-refractivity contribution in [2.75, 3.05) is 24.9 Å². The highest BCUT2D eigenvalue weighted by Gasteiger charge is 2.12. The van der Waals surface area contributed by atoms with Gasteiger partial charge in [-0.1, -0.05) is 0 Å². The summed E-state index contributed by atoms with van der Waals surface area (Å²) in [5.41, 5.74) is 5.91. The number of nitrogens with two attached hydrogens (primary N) is 1. The highest BCUT2D eigenvalue weighted by Crippen LogP contribution is 2.28. The highest BCUT2D eigenvalue weighted by atomic mass is 32.2. The third-order valence-electron chi connectivity index (χ3n) is 2.51. The summed E-state index contributed by atoms with van der Waals surface area (Å²) in [4.78, 5) is 34.0. The number of carbonyl (C=O) groups excluding carboxylic acids is 3. The van der Waals surface area contributed by atoms with Gasteiger partial charge in [-0.3, -0.25) is 15.4 Å². The molecule has 0 bridgehead atoms. The maximum Gasteiger partial charge on any atom is 0.413 e. The van der Waals surface area contributed by atoms with Crippen LogP contribution in [-0.4, -0.2) is 41.9 Å². The number of carbonyl (C=O) groups is 3. The first-order chi connectivity index (χ1) is 12.2. The molecule has 0 saturated carbocycles. The van der Waals surface area contributed by atoms with Gasteiger partial charge in [0.05, 0.1) is 25.6 Å². The standard InChI is InChI=1S/C13H15N5O5S3/c1-22-12(20)17-10(24)15-7-4-3-6(26-9(14)19)5-8(7)16-11(25)18-13(21)23-2/h3-5H,1-2H3,(H2,14,19)(H2,15,17,20,24)(H2,16,18,21,25). The van der Waals surface area contributed by atoms with Gasteiger partial charge in [0.2, 0.25) is 0 Å². The predicted octanol–water partition coefficient (Wildman–Crippen LogP) is 1.96. The molecule has 0 heterocycles. The lowest BCUT2D eigenvalue weighted by Gasteiger charge is -2.16. The number of rotatable bonds is 3. The van der Waals surface area contributed by atoms with Gasteiger partial charge in [0.25, 0.3) is 5.24 Å². The minimum absolute atomic E-state index is 0.0398. The number of thiocarbonyl (C=S) groups is 2. The Hall–Kier alpha value is -2.64. The number of thioether (sulfide) groups is 1. The van der Waals surface area contributed by atoms with E-state index in [-0.39, 0.29) is 10.2 Å². The number of alkyl carbamates (subject to hydrolysis) is 2. The topological polar surface area (TPSA) is 144 Å². The molecule has 0 aliphatic carbocycles. The molecular formula is C13H15N5O5S3. The van der Waals surface area contributed by atoms with Crippen LogP contribution in [0.4, 0.5) is 25.8 Å². The number of hydrogen-bond donors (Lipinski definition) is 5. The highest BCUT2D eigenvalue weighted by molar-refractivity contribution is 8.13. The van der Waals surface area contributed by atoms with Gasteiger partial charge in [-0.15, -0.1) is 0 Å². The van der Waals surface area contributed by atoms with Crippen LogP contribution in [0.1, 0.15) is 0 Å².